The summed E-state index contributed by atoms with van der Waals surface area (Å²) in [6.45, 7) is 7.15. The molecule has 0 radical (unpaired) electrons. The number of hydrogen-bond donors (Lipinski definition) is 1. The van der Waals surface area contributed by atoms with Gasteiger partial charge in [-0.3, -0.25) is 0 Å². The number of nitrogens with one attached hydrogen (secondary N) is 1. The van der Waals surface area contributed by atoms with Crippen molar-refractivity contribution in [3.8, 4) is 0 Å². The van der Waals surface area contributed by atoms with Gasteiger partial charge in [-0.05, 0) is 56.8 Å². The lowest BCUT2D eigenvalue weighted by Gasteiger charge is -2.38. The molecule has 1 heteroatoms. The van der Waals surface area contributed by atoms with Crippen LogP contribution in [0.1, 0.15) is 72.1 Å². The molecule has 100 valence electrons. The molecule has 0 bridgehead atoms. The maximum atomic E-state index is 3.92. The predicted molar refractivity (Wildman–Crippen MR) is 75.1 cm³/mol. The number of rotatable bonds is 5. The summed E-state index contributed by atoms with van der Waals surface area (Å²) in [6.07, 6.45) is 11.6. The standard InChI is InChI=1S/C16H31N/c1-12(2)10-14-6-4-9-16(11-14)17-13(3)15-7-5-8-15/h12-17H,4-11H2,1-3H3. The van der Waals surface area contributed by atoms with Crippen molar-refractivity contribution in [2.24, 2.45) is 17.8 Å². The van der Waals surface area contributed by atoms with Crippen molar-refractivity contribution in [1.29, 1.82) is 0 Å². The first-order valence-corrected chi connectivity index (χ1v) is 7.91. The molecule has 0 saturated heterocycles. The number of hydrogen-bond acceptors (Lipinski definition) is 1. The van der Waals surface area contributed by atoms with Crippen LogP contribution in [-0.4, -0.2) is 12.1 Å². The maximum absolute atomic E-state index is 3.92. The molecule has 0 heterocycles. The molecule has 0 aromatic carbocycles. The van der Waals surface area contributed by atoms with Crippen LogP contribution in [0, 0.1) is 17.8 Å². The van der Waals surface area contributed by atoms with Crippen LogP contribution in [0.4, 0.5) is 0 Å². The Bertz CT molecular complexity index is 220. The highest BCUT2D eigenvalue weighted by Crippen LogP contribution is 2.33. The van der Waals surface area contributed by atoms with Crippen LogP contribution in [-0.2, 0) is 0 Å². The minimum atomic E-state index is 0.770. The Kier molecular flexibility index (Phi) is 4.90. The van der Waals surface area contributed by atoms with Gasteiger partial charge in [0.25, 0.3) is 0 Å². The van der Waals surface area contributed by atoms with E-state index in [9.17, 15) is 0 Å². The summed E-state index contributed by atoms with van der Waals surface area (Å²) in [5.74, 6) is 2.86. The van der Waals surface area contributed by atoms with Crippen molar-refractivity contribution >= 4 is 0 Å². The average molecular weight is 237 g/mol. The van der Waals surface area contributed by atoms with E-state index in [4.69, 9.17) is 0 Å². The molecular weight excluding hydrogens is 206 g/mol. The van der Waals surface area contributed by atoms with Crippen molar-refractivity contribution in [2.45, 2.75) is 84.2 Å². The minimum Gasteiger partial charge on any atom is -0.311 e. The van der Waals surface area contributed by atoms with Gasteiger partial charge >= 0.3 is 0 Å². The van der Waals surface area contributed by atoms with E-state index in [1.165, 1.54) is 51.4 Å². The first-order chi connectivity index (χ1) is 8.15. The lowest BCUT2D eigenvalue weighted by Crippen LogP contribution is -2.45. The third-order valence-corrected chi connectivity index (χ3v) is 4.94. The van der Waals surface area contributed by atoms with Crippen molar-refractivity contribution < 1.29 is 0 Å². The van der Waals surface area contributed by atoms with E-state index in [2.05, 4.69) is 26.1 Å². The second-order valence-corrected chi connectivity index (χ2v) is 7.01. The Balaban J connectivity index is 1.72. The van der Waals surface area contributed by atoms with Gasteiger partial charge in [0.1, 0.15) is 0 Å². The van der Waals surface area contributed by atoms with Crippen LogP contribution in [0.3, 0.4) is 0 Å². The molecule has 2 fully saturated rings. The van der Waals surface area contributed by atoms with Crippen LogP contribution >= 0.6 is 0 Å². The SMILES string of the molecule is CC(C)CC1CCCC(NC(C)C2CCC2)C1. The molecule has 2 aliphatic rings. The van der Waals surface area contributed by atoms with Crippen LogP contribution < -0.4 is 5.32 Å². The molecule has 0 aromatic rings. The van der Waals surface area contributed by atoms with Gasteiger partial charge in [-0.15, -0.1) is 0 Å². The molecule has 3 atom stereocenters. The van der Waals surface area contributed by atoms with Crippen molar-refractivity contribution in [3.05, 3.63) is 0 Å². The molecule has 17 heavy (non-hydrogen) atoms. The Hall–Kier alpha value is -0.0400. The van der Waals surface area contributed by atoms with Crippen molar-refractivity contribution in [1.82, 2.24) is 5.32 Å². The van der Waals surface area contributed by atoms with Gasteiger partial charge in [0.15, 0.2) is 0 Å². The zero-order chi connectivity index (χ0) is 12.3. The lowest BCUT2D eigenvalue weighted by molar-refractivity contribution is 0.188. The molecule has 2 rings (SSSR count). The Labute approximate surface area is 108 Å². The zero-order valence-electron chi connectivity index (χ0n) is 12.0. The Morgan fingerprint density at radius 2 is 1.71 bits per heavy atom. The second-order valence-electron chi connectivity index (χ2n) is 7.01. The summed E-state index contributed by atoms with van der Waals surface area (Å²) >= 11 is 0. The van der Waals surface area contributed by atoms with Gasteiger partial charge < -0.3 is 5.32 Å². The Morgan fingerprint density at radius 3 is 2.29 bits per heavy atom. The van der Waals surface area contributed by atoms with Crippen molar-refractivity contribution in [3.63, 3.8) is 0 Å². The monoisotopic (exact) mass is 237 g/mol. The predicted octanol–water partition coefficient (Wildman–Crippen LogP) is 4.37. The van der Waals surface area contributed by atoms with Crippen LogP contribution in [0.2, 0.25) is 0 Å². The van der Waals surface area contributed by atoms with Gasteiger partial charge in [0.2, 0.25) is 0 Å². The summed E-state index contributed by atoms with van der Waals surface area (Å²) in [6, 6.07) is 1.59. The average Bonchev–Trinajstić information content (AvgIpc) is 2.13. The first-order valence-electron chi connectivity index (χ1n) is 7.91. The summed E-state index contributed by atoms with van der Waals surface area (Å²) in [7, 11) is 0. The van der Waals surface area contributed by atoms with Crippen molar-refractivity contribution in [2.75, 3.05) is 0 Å². The quantitative estimate of drug-likeness (QED) is 0.748. The van der Waals surface area contributed by atoms with Gasteiger partial charge in [0, 0.05) is 12.1 Å². The smallest absolute Gasteiger partial charge is 0.00722 e. The minimum absolute atomic E-state index is 0.770. The first kappa shape index (κ1) is 13.4. The largest absolute Gasteiger partial charge is 0.311 e. The second kappa shape index (κ2) is 6.22. The lowest BCUT2D eigenvalue weighted by atomic mass is 9.78. The molecule has 0 aliphatic heterocycles. The molecule has 2 aliphatic carbocycles. The van der Waals surface area contributed by atoms with E-state index >= 15 is 0 Å². The summed E-state index contributed by atoms with van der Waals surface area (Å²) < 4.78 is 0. The highest BCUT2D eigenvalue weighted by molar-refractivity contribution is 4.85. The van der Waals surface area contributed by atoms with Crippen LogP contribution in [0.15, 0.2) is 0 Å². The van der Waals surface area contributed by atoms with E-state index in [1.807, 2.05) is 0 Å². The van der Waals surface area contributed by atoms with Gasteiger partial charge in [-0.25, -0.2) is 0 Å². The molecule has 0 aromatic heterocycles. The highest BCUT2D eigenvalue weighted by atomic mass is 15.0. The molecule has 1 N–H and O–H groups in total. The fraction of sp³-hybridized carbons (Fsp3) is 1.00. The molecule has 3 unspecified atom stereocenters. The van der Waals surface area contributed by atoms with Gasteiger partial charge in [0.05, 0.1) is 0 Å². The Morgan fingerprint density at radius 1 is 1.00 bits per heavy atom. The van der Waals surface area contributed by atoms with Gasteiger partial charge in [-0.2, -0.15) is 0 Å². The van der Waals surface area contributed by atoms with E-state index in [0.717, 1.165) is 29.8 Å². The fourth-order valence-corrected chi connectivity index (χ4v) is 3.77. The maximum Gasteiger partial charge on any atom is 0.00722 e. The third-order valence-electron chi connectivity index (χ3n) is 4.94. The highest BCUT2D eigenvalue weighted by Gasteiger charge is 2.28. The molecule has 2 saturated carbocycles. The van der Waals surface area contributed by atoms with E-state index in [0.29, 0.717) is 0 Å². The molecule has 0 amide bonds. The molecule has 1 nitrogen and oxygen atoms in total. The molecular formula is C16H31N. The van der Waals surface area contributed by atoms with E-state index in [-0.39, 0.29) is 0 Å². The summed E-state index contributed by atoms with van der Waals surface area (Å²) in [4.78, 5) is 0. The van der Waals surface area contributed by atoms with E-state index in [1.54, 1.807) is 0 Å². The molecule has 0 spiro atoms. The summed E-state index contributed by atoms with van der Waals surface area (Å²) in [5.41, 5.74) is 0. The van der Waals surface area contributed by atoms with Gasteiger partial charge in [-0.1, -0.05) is 33.1 Å². The van der Waals surface area contributed by atoms with E-state index < -0.39 is 0 Å². The normalized spacial score (nSPS) is 32.5. The summed E-state index contributed by atoms with van der Waals surface area (Å²) in [5, 5.41) is 3.92. The van der Waals surface area contributed by atoms with Crippen LogP contribution in [0.25, 0.3) is 0 Å². The zero-order valence-corrected chi connectivity index (χ0v) is 12.0. The third kappa shape index (κ3) is 3.98. The van der Waals surface area contributed by atoms with Crippen LogP contribution in [0.5, 0.6) is 0 Å². The topological polar surface area (TPSA) is 12.0 Å². The fourth-order valence-electron chi connectivity index (χ4n) is 3.77.